The van der Waals surface area contributed by atoms with Gasteiger partial charge in [0.05, 0.1) is 30.8 Å². The molecule has 6 heteroatoms. The Balaban J connectivity index is 2.00. The van der Waals surface area contributed by atoms with Crippen molar-refractivity contribution in [1.82, 2.24) is 15.0 Å². The van der Waals surface area contributed by atoms with E-state index in [1.807, 2.05) is 13.0 Å². The number of hydrogen-bond donors (Lipinski definition) is 0. The van der Waals surface area contributed by atoms with Crippen LogP contribution in [0.3, 0.4) is 0 Å². The molecule has 6 nitrogen and oxygen atoms in total. The minimum Gasteiger partial charge on any atom is -0.475 e. The first-order valence-electron chi connectivity index (χ1n) is 8.22. The van der Waals surface area contributed by atoms with Crippen LogP contribution in [-0.4, -0.2) is 46.9 Å². The number of anilines is 1. The molecule has 0 bridgehead atoms. The maximum absolute atomic E-state index is 5.99. The van der Waals surface area contributed by atoms with Crippen molar-refractivity contribution < 1.29 is 9.47 Å². The highest BCUT2D eigenvalue weighted by molar-refractivity contribution is 5.94. The summed E-state index contributed by atoms with van der Waals surface area (Å²) >= 11 is 0. The first-order chi connectivity index (χ1) is 11.0. The Labute approximate surface area is 135 Å². The lowest BCUT2D eigenvalue weighted by Gasteiger charge is -2.41. The Morgan fingerprint density at radius 2 is 1.96 bits per heavy atom. The van der Waals surface area contributed by atoms with Crippen molar-refractivity contribution in [1.29, 1.82) is 0 Å². The fourth-order valence-corrected chi connectivity index (χ4v) is 3.19. The van der Waals surface area contributed by atoms with E-state index < -0.39 is 0 Å². The number of pyridine rings is 1. The van der Waals surface area contributed by atoms with Crippen LogP contribution < -0.4 is 9.64 Å². The molecule has 0 N–H and O–H groups in total. The van der Waals surface area contributed by atoms with E-state index in [0.717, 1.165) is 41.5 Å². The molecule has 0 spiro atoms. The van der Waals surface area contributed by atoms with Gasteiger partial charge in [-0.15, -0.1) is 0 Å². The number of aromatic nitrogens is 3. The van der Waals surface area contributed by atoms with Crippen LogP contribution in [0.25, 0.3) is 10.9 Å². The fourth-order valence-electron chi connectivity index (χ4n) is 3.19. The Morgan fingerprint density at radius 3 is 2.61 bits per heavy atom. The van der Waals surface area contributed by atoms with Gasteiger partial charge in [0.1, 0.15) is 23.6 Å². The van der Waals surface area contributed by atoms with Crippen molar-refractivity contribution in [2.24, 2.45) is 0 Å². The van der Waals surface area contributed by atoms with E-state index in [1.165, 1.54) is 0 Å². The van der Waals surface area contributed by atoms with Crippen LogP contribution in [0.15, 0.2) is 6.07 Å². The van der Waals surface area contributed by atoms with Gasteiger partial charge in [-0.3, -0.25) is 0 Å². The lowest BCUT2D eigenvalue weighted by molar-refractivity contribution is 0.00384. The Kier molecular flexibility index (Phi) is 3.37. The van der Waals surface area contributed by atoms with Gasteiger partial charge in [-0.25, -0.2) is 15.0 Å². The van der Waals surface area contributed by atoms with Crippen molar-refractivity contribution in [3.05, 3.63) is 17.6 Å². The first-order valence-corrected chi connectivity index (χ1v) is 8.22. The zero-order valence-corrected chi connectivity index (χ0v) is 14.0. The third-order valence-corrected chi connectivity index (χ3v) is 4.48. The van der Waals surface area contributed by atoms with Gasteiger partial charge in [-0.2, -0.15) is 0 Å². The highest BCUT2D eigenvalue weighted by Crippen LogP contribution is 2.37. The van der Waals surface area contributed by atoms with Crippen molar-refractivity contribution in [3.8, 4) is 5.88 Å². The molecule has 0 saturated carbocycles. The molecule has 1 saturated heterocycles. The summed E-state index contributed by atoms with van der Waals surface area (Å²) in [4.78, 5) is 16.6. The van der Waals surface area contributed by atoms with Gasteiger partial charge >= 0.3 is 0 Å². The maximum Gasteiger partial charge on any atom is 0.227 e. The molecular formula is C17H22N4O2. The highest BCUT2D eigenvalue weighted by atomic mass is 16.5. The lowest BCUT2D eigenvalue weighted by atomic mass is 10.1. The zero-order chi connectivity index (χ0) is 16.1. The monoisotopic (exact) mass is 314 g/mol. The van der Waals surface area contributed by atoms with Crippen molar-refractivity contribution in [2.75, 3.05) is 24.7 Å². The predicted octanol–water partition coefficient (Wildman–Crippen LogP) is 2.44. The molecule has 2 aliphatic rings. The molecule has 2 aromatic rings. The summed E-state index contributed by atoms with van der Waals surface area (Å²) in [6.07, 6.45) is 0. The molecule has 0 radical (unpaired) electrons. The summed E-state index contributed by atoms with van der Waals surface area (Å²) in [5, 5.41) is 0.927. The van der Waals surface area contributed by atoms with E-state index in [4.69, 9.17) is 19.4 Å². The third kappa shape index (κ3) is 2.32. The van der Waals surface area contributed by atoms with Crippen LogP contribution in [0.2, 0.25) is 0 Å². The number of rotatable bonds is 2. The summed E-state index contributed by atoms with van der Waals surface area (Å²) in [7, 11) is 0. The fraction of sp³-hybridized carbons (Fsp3) is 0.588. The molecule has 4 rings (SSSR count). The molecule has 2 aliphatic heterocycles. The Bertz CT molecular complexity index is 758. The number of nitrogens with zero attached hydrogens (tertiary/aromatic N) is 4. The summed E-state index contributed by atoms with van der Waals surface area (Å²) in [5.41, 5.74) is 1.83. The van der Waals surface area contributed by atoms with E-state index >= 15 is 0 Å². The molecule has 0 unspecified atom stereocenters. The van der Waals surface area contributed by atoms with Crippen LogP contribution in [0.5, 0.6) is 5.88 Å². The van der Waals surface area contributed by atoms with E-state index in [1.54, 1.807) is 0 Å². The number of aryl methyl sites for hydroxylation is 1. The van der Waals surface area contributed by atoms with E-state index in [9.17, 15) is 0 Å². The minimum absolute atomic E-state index is 0.219. The number of hydrogen-bond acceptors (Lipinski definition) is 6. The van der Waals surface area contributed by atoms with E-state index in [0.29, 0.717) is 18.5 Å². The normalized spacial score (nSPS) is 21.3. The van der Waals surface area contributed by atoms with Crippen LogP contribution in [0, 0.1) is 6.92 Å². The quantitative estimate of drug-likeness (QED) is 0.848. The van der Waals surface area contributed by atoms with E-state index in [2.05, 4.69) is 30.7 Å². The standard InChI is InChI=1S/C17H22N4O2/c1-9(2)15-19-13-5-10(3)18-17-14(13)16(20-15)21(11(4)6-23-17)12-7-22-8-12/h5,9,11-12H,6-8H2,1-4H3/t11-/m0/s1. The van der Waals surface area contributed by atoms with Gasteiger partial charge in [0.25, 0.3) is 0 Å². The molecule has 122 valence electrons. The van der Waals surface area contributed by atoms with Gasteiger partial charge < -0.3 is 14.4 Å². The summed E-state index contributed by atoms with van der Waals surface area (Å²) in [6, 6.07) is 2.58. The van der Waals surface area contributed by atoms with Crippen molar-refractivity contribution in [3.63, 3.8) is 0 Å². The topological polar surface area (TPSA) is 60.4 Å². The van der Waals surface area contributed by atoms with Gasteiger partial charge in [-0.05, 0) is 19.9 Å². The molecule has 0 amide bonds. The zero-order valence-electron chi connectivity index (χ0n) is 14.0. The van der Waals surface area contributed by atoms with Gasteiger partial charge in [0, 0.05) is 11.6 Å². The molecule has 2 aromatic heterocycles. The smallest absolute Gasteiger partial charge is 0.227 e. The molecule has 0 aliphatic carbocycles. The van der Waals surface area contributed by atoms with Crippen LogP contribution >= 0.6 is 0 Å². The minimum atomic E-state index is 0.219. The van der Waals surface area contributed by atoms with E-state index in [-0.39, 0.29) is 12.0 Å². The average Bonchev–Trinajstić information content (AvgIpc) is 2.58. The number of ether oxygens (including phenoxy) is 2. The SMILES string of the molecule is Cc1cc2nc(C(C)C)nc3c2c(n1)OC[C@H](C)N3C1COC1. The highest BCUT2D eigenvalue weighted by Gasteiger charge is 2.35. The van der Waals surface area contributed by atoms with Crippen LogP contribution in [-0.2, 0) is 4.74 Å². The molecular weight excluding hydrogens is 292 g/mol. The molecule has 1 atom stereocenters. The molecule has 1 fully saturated rings. The largest absolute Gasteiger partial charge is 0.475 e. The second-order valence-electron chi connectivity index (χ2n) is 6.78. The van der Waals surface area contributed by atoms with Gasteiger partial charge in [0.2, 0.25) is 5.88 Å². The third-order valence-electron chi connectivity index (χ3n) is 4.48. The second kappa shape index (κ2) is 5.30. The predicted molar refractivity (Wildman–Crippen MR) is 88.2 cm³/mol. The average molecular weight is 314 g/mol. The Morgan fingerprint density at radius 1 is 1.17 bits per heavy atom. The summed E-state index contributed by atoms with van der Waals surface area (Å²) < 4.78 is 11.4. The summed E-state index contributed by atoms with van der Waals surface area (Å²) in [5.74, 6) is 2.73. The van der Waals surface area contributed by atoms with Crippen molar-refractivity contribution in [2.45, 2.75) is 45.7 Å². The molecule has 4 heterocycles. The van der Waals surface area contributed by atoms with Crippen LogP contribution in [0.1, 0.15) is 38.2 Å². The first kappa shape index (κ1) is 14.6. The van der Waals surface area contributed by atoms with Gasteiger partial charge in [-0.1, -0.05) is 13.8 Å². The molecule has 23 heavy (non-hydrogen) atoms. The summed E-state index contributed by atoms with van der Waals surface area (Å²) in [6.45, 7) is 10.5. The molecule has 0 aromatic carbocycles. The Hall–Kier alpha value is -1.95. The van der Waals surface area contributed by atoms with Crippen molar-refractivity contribution >= 4 is 16.7 Å². The lowest BCUT2D eigenvalue weighted by Crippen LogP contribution is -2.54. The second-order valence-corrected chi connectivity index (χ2v) is 6.78. The van der Waals surface area contributed by atoms with Gasteiger partial charge in [0.15, 0.2) is 0 Å². The van der Waals surface area contributed by atoms with Crippen LogP contribution in [0.4, 0.5) is 5.82 Å². The maximum atomic E-state index is 5.99.